The molecule has 1 aromatic carbocycles. The van der Waals surface area contributed by atoms with E-state index in [0.29, 0.717) is 5.02 Å². The van der Waals surface area contributed by atoms with Gasteiger partial charge in [-0.25, -0.2) is 13.1 Å². The van der Waals surface area contributed by atoms with Crippen LogP contribution in [0.5, 0.6) is 0 Å². The number of amides is 1. The Balaban J connectivity index is 2.32. The number of sulfonamides is 1. The molecule has 1 amide bonds. The van der Waals surface area contributed by atoms with E-state index in [1.807, 2.05) is 0 Å². The van der Waals surface area contributed by atoms with Gasteiger partial charge in [-0.15, -0.1) is 0 Å². The van der Waals surface area contributed by atoms with Crippen LogP contribution in [-0.2, 0) is 16.6 Å². The highest BCUT2D eigenvalue weighted by Gasteiger charge is 2.29. The highest BCUT2D eigenvalue weighted by Crippen LogP contribution is 2.26. The maximum Gasteiger partial charge on any atom is 0.256 e. The van der Waals surface area contributed by atoms with E-state index >= 15 is 0 Å². The summed E-state index contributed by atoms with van der Waals surface area (Å²) in [5.41, 5.74) is 0.738. The van der Waals surface area contributed by atoms with Crippen LogP contribution in [0.15, 0.2) is 33.6 Å². The van der Waals surface area contributed by atoms with Gasteiger partial charge in [-0.1, -0.05) is 29.8 Å². The molecular weight excluding hydrogens is 340 g/mol. The molecule has 0 bridgehead atoms. The second-order valence-electron chi connectivity index (χ2n) is 4.90. The van der Waals surface area contributed by atoms with Crippen molar-refractivity contribution in [1.82, 2.24) is 10.0 Å². The summed E-state index contributed by atoms with van der Waals surface area (Å²) in [6.45, 7) is 3.23. The van der Waals surface area contributed by atoms with Crippen molar-refractivity contribution in [3.05, 3.63) is 51.9 Å². The van der Waals surface area contributed by atoms with Crippen LogP contribution in [0.2, 0.25) is 5.02 Å². The normalized spacial score (nSPS) is 11.5. The molecule has 1 aromatic heterocycles. The lowest BCUT2D eigenvalue weighted by Crippen LogP contribution is -2.27. The lowest BCUT2D eigenvalue weighted by molar-refractivity contribution is 0.0946. The van der Waals surface area contributed by atoms with Gasteiger partial charge in [-0.3, -0.25) is 4.79 Å². The molecule has 0 saturated heterocycles. The summed E-state index contributed by atoms with van der Waals surface area (Å²) in [5, 5.41) is 3.20. The van der Waals surface area contributed by atoms with E-state index in [1.54, 1.807) is 31.2 Å². The van der Waals surface area contributed by atoms with Crippen LogP contribution in [0.3, 0.4) is 0 Å². The molecule has 0 fully saturated rings. The maximum absolute atomic E-state index is 12.4. The summed E-state index contributed by atoms with van der Waals surface area (Å²) in [6, 6.07) is 7.08. The third-order valence-electron chi connectivity index (χ3n) is 3.37. The topological polar surface area (TPSA) is 88.4 Å². The molecule has 0 radical (unpaired) electrons. The van der Waals surface area contributed by atoms with Crippen LogP contribution >= 0.6 is 11.6 Å². The predicted molar refractivity (Wildman–Crippen MR) is 87.0 cm³/mol. The minimum atomic E-state index is -3.81. The van der Waals surface area contributed by atoms with Gasteiger partial charge in [0.2, 0.25) is 10.0 Å². The SMILES string of the molecule is CNS(=O)(=O)c1c(C)oc(C)c1C(=O)NCc1ccccc1Cl. The Hall–Kier alpha value is -1.83. The Morgan fingerprint density at radius 2 is 1.87 bits per heavy atom. The average molecular weight is 357 g/mol. The molecule has 1 heterocycles. The van der Waals surface area contributed by atoms with Gasteiger partial charge in [0.05, 0.1) is 0 Å². The number of hydrogen-bond acceptors (Lipinski definition) is 4. The summed E-state index contributed by atoms with van der Waals surface area (Å²) in [5.74, 6) is -0.124. The maximum atomic E-state index is 12.4. The average Bonchev–Trinajstić information content (AvgIpc) is 2.81. The first-order valence-electron chi connectivity index (χ1n) is 6.83. The van der Waals surface area contributed by atoms with Crippen molar-refractivity contribution >= 4 is 27.5 Å². The standard InChI is InChI=1S/C15H17ClN2O4S/c1-9-13(14(10(2)22-9)23(20,21)17-3)15(19)18-8-11-6-4-5-7-12(11)16/h4-7,17H,8H2,1-3H3,(H,18,19). The van der Waals surface area contributed by atoms with Crippen molar-refractivity contribution in [3.8, 4) is 0 Å². The zero-order valence-electron chi connectivity index (χ0n) is 12.9. The summed E-state index contributed by atoms with van der Waals surface area (Å²) < 4.78 is 31.8. The molecule has 0 aliphatic heterocycles. The van der Waals surface area contributed by atoms with E-state index < -0.39 is 15.9 Å². The van der Waals surface area contributed by atoms with E-state index in [2.05, 4.69) is 10.0 Å². The van der Waals surface area contributed by atoms with Crippen molar-refractivity contribution in [2.45, 2.75) is 25.3 Å². The molecule has 0 saturated carbocycles. The summed E-state index contributed by atoms with van der Waals surface area (Å²) in [7, 11) is -2.53. The van der Waals surface area contributed by atoms with E-state index in [1.165, 1.54) is 14.0 Å². The molecule has 2 rings (SSSR count). The van der Waals surface area contributed by atoms with Gasteiger partial charge >= 0.3 is 0 Å². The van der Waals surface area contributed by atoms with Crippen molar-refractivity contribution in [3.63, 3.8) is 0 Å². The highest BCUT2D eigenvalue weighted by molar-refractivity contribution is 7.89. The first kappa shape index (κ1) is 17.5. The first-order chi connectivity index (χ1) is 10.8. The van der Waals surface area contributed by atoms with Gasteiger partial charge in [-0.05, 0) is 32.5 Å². The number of rotatable bonds is 5. The van der Waals surface area contributed by atoms with Crippen molar-refractivity contribution in [1.29, 1.82) is 0 Å². The lowest BCUT2D eigenvalue weighted by atomic mass is 10.2. The minimum Gasteiger partial charge on any atom is -0.464 e. The van der Waals surface area contributed by atoms with Gasteiger partial charge in [0.25, 0.3) is 5.91 Å². The molecule has 2 N–H and O–H groups in total. The summed E-state index contributed by atoms with van der Waals surface area (Å²) >= 11 is 6.04. The number of hydrogen-bond donors (Lipinski definition) is 2. The first-order valence-corrected chi connectivity index (χ1v) is 8.69. The third-order valence-corrected chi connectivity index (χ3v) is 5.30. The van der Waals surface area contributed by atoms with E-state index in [0.717, 1.165) is 5.56 Å². The van der Waals surface area contributed by atoms with Crippen LogP contribution < -0.4 is 10.0 Å². The van der Waals surface area contributed by atoms with Crippen LogP contribution in [0.25, 0.3) is 0 Å². The smallest absolute Gasteiger partial charge is 0.256 e. The predicted octanol–water partition coefficient (Wildman–Crippen LogP) is 2.39. The van der Waals surface area contributed by atoms with Crippen molar-refractivity contribution in [2.75, 3.05) is 7.05 Å². The fourth-order valence-electron chi connectivity index (χ4n) is 2.26. The quantitative estimate of drug-likeness (QED) is 0.860. The van der Waals surface area contributed by atoms with E-state index in [4.69, 9.17) is 16.0 Å². The number of benzene rings is 1. The highest BCUT2D eigenvalue weighted by atomic mass is 35.5. The molecule has 0 unspecified atom stereocenters. The number of carbonyl (C=O) groups excluding carboxylic acids is 1. The van der Waals surface area contributed by atoms with E-state index in [-0.39, 0.29) is 28.5 Å². The largest absolute Gasteiger partial charge is 0.464 e. The van der Waals surface area contributed by atoms with Crippen LogP contribution in [-0.4, -0.2) is 21.4 Å². The molecule has 0 aliphatic carbocycles. The zero-order valence-corrected chi connectivity index (χ0v) is 14.5. The van der Waals surface area contributed by atoms with Gasteiger partial charge in [-0.2, -0.15) is 0 Å². The zero-order chi connectivity index (χ0) is 17.2. The molecule has 124 valence electrons. The monoisotopic (exact) mass is 356 g/mol. The molecule has 0 atom stereocenters. The molecule has 0 spiro atoms. The molecular formula is C15H17ClN2O4S. The van der Waals surface area contributed by atoms with Gasteiger partial charge < -0.3 is 9.73 Å². The van der Waals surface area contributed by atoms with Crippen molar-refractivity contribution in [2.24, 2.45) is 0 Å². The molecule has 0 aliphatic rings. The van der Waals surface area contributed by atoms with Crippen LogP contribution in [0, 0.1) is 13.8 Å². The molecule has 23 heavy (non-hydrogen) atoms. The Morgan fingerprint density at radius 1 is 1.22 bits per heavy atom. The number of nitrogens with one attached hydrogen (secondary N) is 2. The minimum absolute atomic E-state index is 0.00361. The van der Waals surface area contributed by atoms with Crippen molar-refractivity contribution < 1.29 is 17.6 Å². The van der Waals surface area contributed by atoms with Gasteiger partial charge in [0.1, 0.15) is 22.0 Å². The molecule has 6 nitrogen and oxygen atoms in total. The summed E-state index contributed by atoms with van der Waals surface area (Å²) in [6.07, 6.45) is 0. The molecule has 2 aromatic rings. The van der Waals surface area contributed by atoms with Crippen LogP contribution in [0.4, 0.5) is 0 Å². The Morgan fingerprint density at radius 3 is 2.48 bits per heavy atom. The Labute approximate surface area is 139 Å². The second-order valence-corrected chi connectivity index (χ2v) is 7.13. The van der Waals surface area contributed by atoms with Crippen LogP contribution in [0.1, 0.15) is 27.4 Å². The number of aryl methyl sites for hydroxylation is 2. The van der Waals surface area contributed by atoms with E-state index in [9.17, 15) is 13.2 Å². The number of carbonyl (C=O) groups is 1. The molecule has 8 heteroatoms. The van der Waals surface area contributed by atoms with Gasteiger partial charge in [0, 0.05) is 11.6 Å². The fourth-order valence-corrected chi connectivity index (χ4v) is 3.59. The Bertz CT molecular complexity index is 843. The third kappa shape index (κ3) is 3.57. The lowest BCUT2D eigenvalue weighted by Gasteiger charge is -2.08. The number of halogens is 1. The Kier molecular flexibility index (Phi) is 5.13. The summed E-state index contributed by atoms with van der Waals surface area (Å²) in [4.78, 5) is 12.3. The second kappa shape index (κ2) is 6.74. The fraction of sp³-hybridized carbons (Fsp3) is 0.267. The van der Waals surface area contributed by atoms with Gasteiger partial charge in [0.15, 0.2) is 0 Å². The number of furan rings is 1.